The molecular weight excluding hydrogens is 463 g/mol. The van der Waals surface area contributed by atoms with E-state index in [1.54, 1.807) is 4.90 Å². The van der Waals surface area contributed by atoms with Crippen LogP contribution in [0.4, 0.5) is 15.8 Å². The summed E-state index contributed by atoms with van der Waals surface area (Å²) in [4.78, 5) is 32.5. The highest BCUT2D eigenvalue weighted by atomic mass is 32.1. The molecule has 6 nitrogen and oxygen atoms in total. The third kappa shape index (κ3) is 6.05. The zero-order valence-corrected chi connectivity index (χ0v) is 21.2. The van der Waals surface area contributed by atoms with Gasteiger partial charge in [0.15, 0.2) is 5.11 Å². The Hall–Kier alpha value is -2.84. The second kappa shape index (κ2) is 11.3. The Morgan fingerprint density at radius 1 is 1.09 bits per heavy atom. The number of rotatable bonds is 8. The van der Waals surface area contributed by atoms with Crippen molar-refractivity contribution in [2.75, 3.05) is 36.4 Å². The van der Waals surface area contributed by atoms with Crippen LogP contribution in [0, 0.1) is 18.7 Å². The molecule has 0 bridgehead atoms. The first-order chi connectivity index (χ1) is 16.9. The van der Waals surface area contributed by atoms with Crippen LogP contribution in [0.5, 0.6) is 0 Å². The summed E-state index contributed by atoms with van der Waals surface area (Å²) in [5.74, 6) is -0.443. The molecule has 2 aliphatic heterocycles. The van der Waals surface area contributed by atoms with Gasteiger partial charge >= 0.3 is 0 Å². The predicted octanol–water partition coefficient (Wildman–Crippen LogP) is 4.59. The van der Waals surface area contributed by atoms with Crippen molar-refractivity contribution in [1.82, 2.24) is 9.80 Å². The highest BCUT2D eigenvalue weighted by molar-refractivity contribution is 7.80. The van der Waals surface area contributed by atoms with Gasteiger partial charge in [0.05, 0.1) is 12.1 Å². The molecule has 0 spiro atoms. The Kier molecular flexibility index (Phi) is 8.13. The second-order valence-electron chi connectivity index (χ2n) is 9.50. The number of anilines is 2. The topological polar surface area (TPSA) is 55.9 Å². The van der Waals surface area contributed by atoms with Gasteiger partial charge in [-0.3, -0.25) is 14.5 Å². The van der Waals surface area contributed by atoms with Gasteiger partial charge in [-0.15, -0.1) is 0 Å². The molecule has 2 aromatic rings. The molecule has 2 aromatic carbocycles. The van der Waals surface area contributed by atoms with Gasteiger partial charge in [0.1, 0.15) is 11.9 Å². The average Bonchev–Trinajstić information content (AvgIpc) is 3.06. The van der Waals surface area contributed by atoms with E-state index in [9.17, 15) is 14.0 Å². The van der Waals surface area contributed by atoms with Crippen LogP contribution in [-0.4, -0.2) is 58.9 Å². The van der Waals surface area contributed by atoms with Crippen LogP contribution in [0.15, 0.2) is 48.5 Å². The predicted molar refractivity (Wildman–Crippen MR) is 141 cm³/mol. The van der Waals surface area contributed by atoms with E-state index in [1.807, 2.05) is 36.1 Å². The standard InChI is InChI=1S/C27H33FN4O2S/c1-3-14-30-15-12-20(13-16-30)18-31-24(17-25(33)29-22-8-6-21(28)7-9-22)26(34)32(27(31)35)23-10-4-19(2)5-11-23/h4-11,20,24H,3,12-18H2,1-2H3,(H,29,33)/t24-/m1/s1. The number of carbonyl (C=O) groups is 2. The Bertz CT molecular complexity index is 1050. The third-order valence-corrected chi connectivity index (χ3v) is 7.24. The van der Waals surface area contributed by atoms with Crippen LogP contribution in [0.3, 0.4) is 0 Å². The molecule has 0 aromatic heterocycles. The zero-order valence-electron chi connectivity index (χ0n) is 20.4. The van der Waals surface area contributed by atoms with Gasteiger partial charge in [0.2, 0.25) is 5.91 Å². The van der Waals surface area contributed by atoms with Gasteiger partial charge < -0.3 is 15.1 Å². The average molecular weight is 497 g/mol. The highest BCUT2D eigenvalue weighted by Gasteiger charge is 2.45. The minimum Gasteiger partial charge on any atom is -0.336 e. The van der Waals surface area contributed by atoms with E-state index in [2.05, 4.69) is 17.1 Å². The molecule has 186 valence electrons. The van der Waals surface area contributed by atoms with Crippen LogP contribution >= 0.6 is 12.2 Å². The van der Waals surface area contributed by atoms with E-state index in [4.69, 9.17) is 12.2 Å². The number of halogens is 1. The first kappa shape index (κ1) is 25.3. The van der Waals surface area contributed by atoms with Crippen molar-refractivity contribution in [2.45, 2.75) is 45.6 Å². The van der Waals surface area contributed by atoms with E-state index < -0.39 is 6.04 Å². The number of hydrogen-bond donors (Lipinski definition) is 1. The van der Waals surface area contributed by atoms with Crippen LogP contribution < -0.4 is 10.2 Å². The van der Waals surface area contributed by atoms with E-state index in [1.165, 1.54) is 24.3 Å². The summed E-state index contributed by atoms with van der Waals surface area (Å²) < 4.78 is 13.2. The minimum absolute atomic E-state index is 0.0204. The first-order valence-corrected chi connectivity index (χ1v) is 12.8. The van der Waals surface area contributed by atoms with E-state index in [-0.39, 0.29) is 24.1 Å². The highest BCUT2D eigenvalue weighted by Crippen LogP contribution is 2.30. The fraction of sp³-hybridized carbons (Fsp3) is 0.444. The molecule has 2 heterocycles. The van der Waals surface area contributed by atoms with E-state index in [0.717, 1.165) is 50.1 Å². The fourth-order valence-electron chi connectivity index (χ4n) is 4.88. The lowest BCUT2D eigenvalue weighted by molar-refractivity contribution is -0.124. The smallest absolute Gasteiger partial charge is 0.256 e. The van der Waals surface area contributed by atoms with Gasteiger partial charge in [-0.25, -0.2) is 4.39 Å². The largest absolute Gasteiger partial charge is 0.336 e. The number of benzene rings is 2. The molecule has 2 saturated heterocycles. The van der Waals surface area contributed by atoms with Gasteiger partial charge in [0, 0.05) is 12.2 Å². The van der Waals surface area contributed by atoms with Crippen molar-refractivity contribution in [3.05, 3.63) is 59.9 Å². The summed E-state index contributed by atoms with van der Waals surface area (Å²) in [5.41, 5.74) is 2.31. The van der Waals surface area contributed by atoms with Crippen molar-refractivity contribution in [3.63, 3.8) is 0 Å². The number of piperidine rings is 1. The quantitative estimate of drug-likeness (QED) is 0.542. The van der Waals surface area contributed by atoms with Crippen molar-refractivity contribution in [3.8, 4) is 0 Å². The number of amides is 2. The Morgan fingerprint density at radius 2 is 1.74 bits per heavy atom. The normalized spacial score (nSPS) is 19.5. The Morgan fingerprint density at radius 3 is 2.37 bits per heavy atom. The maximum Gasteiger partial charge on any atom is 0.256 e. The SMILES string of the molecule is CCCN1CCC(CN2C(=S)N(c3ccc(C)cc3)C(=O)[C@H]2CC(=O)Nc2ccc(F)cc2)CC1. The lowest BCUT2D eigenvalue weighted by Gasteiger charge is -2.35. The Labute approximate surface area is 212 Å². The van der Waals surface area contributed by atoms with Crippen LogP contribution in [-0.2, 0) is 9.59 Å². The van der Waals surface area contributed by atoms with Gasteiger partial charge in [-0.1, -0.05) is 24.6 Å². The molecule has 2 amide bonds. The summed E-state index contributed by atoms with van der Waals surface area (Å²) in [6, 6.07) is 12.6. The maximum absolute atomic E-state index is 13.6. The lowest BCUT2D eigenvalue weighted by Crippen LogP contribution is -2.44. The van der Waals surface area contributed by atoms with E-state index >= 15 is 0 Å². The summed E-state index contributed by atoms with van der Waals surface area (Å²) in [7, 11) is 0. The number of likely N-dealkylation sites (tertiary alicyclic amines) is 1. The minimum atomic E-state index is -0.669. The number of nitrogens with zero attached hydrogens (tertiary/aromatic N) is 3. The molecule has 4 rings (SSSR count). The number of nitrogens with one attached hydrogen (secondary N) is 1. The van der Waals surface area contributed by atoms with Crippen molar-refractivity contribution in [2.24, 2.45) is 5.92 Å². The molecule has 2 aliphatic rings. The lowest BCUT2D eigenvalue weighted by atomic mass is 9.95. The van der Waals surface area contributed by atoms with Crippen molar-refractivity contribution < 1.29 is 14.0 Å². The van der Waals surface area contributed by atoms with Crippen LogP contribution in [0.2, 0.25) is 0 Å². The number of aryl methyl sites for hydroxylation is 1. The number of hydrogen-bond acceptors (Lipinski definition) is 4. The summed E-state index contributed by atoms with van der Waals surface area (Å²) in [5, 5.41) is 3.24. The molecule has 0 saturated carbocycles. The third-order valence-electron chi connectivity index (χ3n) is 6.82. The molecule has 2 fully saturated rings. The fourth-order valence-corrected chi connectivity index (χ4v) is 5.28. The van der Waals surface area contributed by atoms with Crippen molar-refractivity contribution in [1.29, 1.82) is 0 Å². The zero-order chi connectivity index (χ0) is 24.9. The molecule has 0 unspecified atom stereocenters. The molecule has 1 N–H and O–H groups in total. The summed E-state index contributed by atoms with van der Waals surface area (Å²) in [6.07, 6.45) is 3.22. The van der Waals surface area contributed by atoms with Gasteiger partial charge in [-0.2, -0.15) is 0 Å². The molecular formula is C27H33FN4O2S. The van der Waals surface area contributed by atoms with Crippen LogP contribution in [0.1, 0.15) is 38.2 Å². The first-order valence-electron chi connectivity index (χ1n) is 12.3. The monoisotopic (exact) mass is 496 g/mol. The second-order valence-corrected chi connectivity index (χ2v) is 9.87. The number of carbonyl (C=O) groups excluding carboxylic acids is 2. The summed E-state index contributed by atoms with van der Waals surface area (Å²) in [6.45, 7) is 8.05. The number of thiocarbonyl (C=S) groups is 1. The molecule has 0 radical (unpaired) electrons. The molecule has 0 aliphatic carbocycles. The molecule has 1 atom stereocenters. The maximum atomic E-state index is 13.6. The van der Waals surface area contributed by atoms with E-state index in [0.29, 0.717) is 23.3 Å². The van der Waals surface area contributed by atoms with Crippen LogP contribution in [0.25, 0.3) is 0 Å². The Balaban J connectivity index is 1.51. The summed E-state index contributed by atoms with van der Waals surface area (Å²) >= 11 is 5.81. The molecule has 35 heavy (non-hydrogen) atoms. The van der Waals surface area contributed by atoms with Crippen molar-refractivity contribution >= 4 is 40.5 Å². The van der Waals surface area contributed by atoms with Gasteiger partial charge in [0.25, 0.3) is 5.91 Å². The molecule has 8 heteroatoms. The van der Waals surface area contributed by atoms with Gasteiger partial charge in [-0.05, 0) is 100 Å².